The van der Waals surface area contributed by atoms with Gasteiger partial charge < -0.3 is 10.4 Å². The monoisotopic (exact) mass is 287 g/mol. The Morgan fingerprint density at radius 3 is 2.95 bits per heavy atom. The number of aliphatic hydroxyl groups is 1. The number of amides is 1. The number of rotatable bonds is 4. The normalized spacial score (nSPS) is 21.4. The Labute approximate surface area is 122 Å². The molecule has 1 amide bonds. The molecule has 1 saturated carbocycles. The highest BCUT2D eigenvalue weighted by Gasteiger charge is 2.25. The summed E-state index contributed by atoms with van der Waals surface area (Å²) in [6.07, 6.45) is 7.00. The highest BCUT2D eigenvalue weighted by atomic mass is 16.3. The van der Waals surface area contributed by atoms with Gasteiger partial charge in [-0.05, 0) is 25.0 Å². The Balaban J connectivity index is 1.60. The molecule has 1 aliphatic rings. The van der Waals surface area contributed by atoms with Gasteiger partial charge in [-0.2, -0.15) is 5.10 Å². The molecular weight excluding hydrogens is 270 g/mol. The molecule has 0 bridgehead atoms. The highest BCUT2D eigenvalue weighted by molar-refractivity contribution is 5.93. The summed E-state index contributed by atoms with van der Waals surface area (Å²) in [6, 6.07) is 3.42. The van der Waals surface area contributed by atoms with E-state index in [4.69, 9.17) is 0 Å². The molecule has 2 aromatic rings. The maximum absolute atomic E-state index is 12.0. The summed E-state index contributed by atoms with van der Waals surface area (Å²) in [7, 11) is 0. The molecule has 7 heteroatoms. The number of pyridine rings is 1. The zero-order valence-electron chi connectivity index (χ0n) is 11.5. The van der Waals surface area contributed by atoms with Crippen molar-refractivity contribution in [2.24, 2.45) is 5.92 Å². The zero-order valence-corrected chi connectivity index (χ0v) is 11.5. The third kappa shape index (κ3) is 3.08. The minimum Gasteiger partial charge on any atom is -0.393 e. The van der Waals surface area contributed by atoms with Crippen molar-refractivity contribution < 1.29 is 9.90 Å². The maximum atomic E-state index is 12.0. The Morgan fingerprint density at radius 1 is 1.43 bits per heavy atom. The molecule has 0 aliphatic heterocycles. The van der Waals surface area contributed by atoms with Crippen LogP contribution in [-0.4, -0.2) is 43.4 Å². The van der Waals surface area contributed by atoms with Crippen LogP contribution in [-0.2, 0) is 0 Å². The molecule has 2 heterocycles. The first-order chi connectivity index (χ1) is 10.2. The largest absolute Gasteiger partial charge is 0.393 e. The minimum atomic E-state index is -0.293. The smallest absolute Gasteiger partial charge is 0.252 e. The SMILES string of the molecule is O=C(NCC1CCCC1O)c1ccc(-n2cncn2)nc1. The molecule has 110 valence electrons. The van der Waals surface area contributed by atoms with Crippen LogP contribution in [0.4, 0.5) is 0 Å². The lowest BCUT2D eigenvalue weighted by molar-refractivity contribution is 0.0916. The third-order valence-corrected chi connectivity index (χ3v) is 3.81. The van der Waals surface area contributed by atoms with E-state index in [2.05, 4.69) is 20.4 Å². The fraction of sp³-hybridized carbons (Fsp3) is 0.429. The molecule has 2 N–H and O–H groups in total. The maximum Gasteiger partial charge on any atom is 0.252 e. The Kier molecular flexibility index (Phi) is 3.92. The van der Waals surface area contributed by atoms with Crippen LogP contribution in [0.15, 0.2) is 31.0 Å². The van der Waals surface area contributed by atoms with E-state index < -0.39 is 0 Å². The Hall–Kier alpha value is -2.28. The molecule has 0 spiro atoms. The third-order valence-electron chi connectivity index (χ3n) is 3.81. The van der Waals surface area contributed by atoms with Crippen LogP contribution in [0.1, 0.15) is 29.6 Å². The highest BCUT2D eigenvalue weighted by Crippen LogP contribution is 2.24. The number of carbonyl (C=O) groups excluding carboxylic acids is 1. The Bertz CT molecular complexity index is 596. The van der Waals surface area contributed by atoms with Crippen LogP contribution in [0, 0.1) is 5.92 Å². The lowest BCUT2D eigenvalue weighted by Gasteiger charge is -2.15. The van der Waals surface area contributed by atoms with Gasteiger partial charge in [0.05, 0.1) is 11.7 Å². The summed E-state index contributed by atoms with van der Waals surface area (Å²) in [5.74, 6) is 0.596. The average molecular weight is 287 g/mol. The van der Waals surface area contributed by atoms with Crippen molar-refractivity contribution >= 4 is 5.91 Å². The molecule has 7 nitrogen and oxygen atoms in total. The van der Waals surface area contributed by atoms with Gasteiger partial charge in [0.25, 0.3) is 5.91 Å². The second-order valence-corrected chi connectivity index (χ2v) is 5.21. The van der Waals surface area contributed by atoms with Gasteiger partial charge in [0.1, 0.15) is 12.7 Å². The lowest BCUT2D eigenvalue weighted by atomic mass is 10.1. The number of carbonyl (C=O) groups is 1. The van der Waals surface area contributed by atoms with Gasteiger partial charge >= 0.3 is 0 Å². The number of nitrogens with one attached hydrogen (secondary N) is 1. The molecule has 2 aromatic heterocycles. The Morgan fingerprint density at radius 2 is 2.33 bits per heavy atom. The first-order valence-electron chi connectivity index (χ1n) is 7.01. The fourth-order valence-corrected chi connectivity index (χ4v) is 2.56. The zero-order chi connectivity index (χ0) is 14.7. The first-order valence-corrected chi connectivity index (χ1v) is 7.01. The van der Waals surface area contributed by atoms with E-state index in [-0.39, 0.29) is 17.9 Å². The fourth-order valence-electron chi connectivity index (χ4n) is 2.56. The molecule has 0 saturated heterocycles. The minimum absolute atomic E-state index is 0.163. The molecule has 0 aromatic carbocycles. The van der Waals surface area contributed by atoms with Crippen molar-refractivity contribution in [3.05, 3.63) is 36.5 Å². The average Bonchev–Trinajstić information content (AvgIpc) is 3.17. The number of hydrogen-bond acceptors (Lipinski definition) is 5. The molecule has 1 aliphatic carbocycles. The lowest BCUT2D eigenvalue weighted by Crippen LogP contribution is -2.32. The van der Waals surface area contributed by atoms with Crippen LogP contribution >= 0.6 is 0 Å². The summed E-state index contributed by atoms with van der Waals surface area (Å²) in [5, 5.41) is 16.6. The van der Waals surface area contributed by atoms with Crippen LogP contribution in [0.3, 0.4) is 0 Å². The second kappa shape index (κ2) is 6.01. The van der Waals surface area contributed by atoms with Crippen LogP contribution in [0.25, 0.3) is 5.82 Å². The van der Waals surface area contributed by atoms with E-state index in [1.54, 1.807) is 18.5 Å². The summed E-state index contributed by atoms with van der Waals surface area (Å²) in [5.41, 5.74) is 0.492. The summed E-state index contributed by atoms with van der Waals surface area (Å²) < 4.78 is 1.52. The van der Waals surface area contributed by atoms with Crippen molar-refractivity contribution in [2.75, 3.05) is 6.54 Å². The predicted octanol–water partition coefficient (Wildman–Crippen LogP) is 0.553. The standard InChI is InChI=1S/C14H17N5O2/c20-12-3-1-2-10(12)6-17-14(21)11-4-5-13(16-7-11)19-9-15-8-18-19/h4-5,7-10,12,20H,1-3,6H2,(H,17,21). The van der Waals surface area contributed by atoms with Gasteiger partial charge in [-0.15, -0.1) is 0 Å². The second-order valence-electron chi connectivity index (χ2n) is 5.21. The molecule has 2 unspecified atom stereocenters. The molecular formula is C14H17N5O2. The van der Waals surface area contributed by atoms with E-state index >= 15 is 0 Å². The van der Waals surface area contributed by atoms with Crippen molar-refractivity contribution in [3.8, 4) is 5.82 Å². The number of nitrogens with zero attached hydrogens (tertiary/aromatic N) is 4. The first kappa shape index (κ1) is 13.7. The number of aromatic nitrogens is 4. The van der Waals surface area contributed by atoms with Gasteiger partial charge in [0, 0.05) is 18.7 Å². The summed E-state index contributed by atoms with van der Waals surface area (Å²) in [4.78, 5) is 20.1. The van der Waals surface area contributed by atoms with Crippen molar-refractivity contribution in [1.82, 2.24) is 25.1 Å². The number of hydrogen-bond donors (Lipinski definition) is 2. The van der Waals surface area contributed by atoms with E-state index in [1.165, 1.54) is 17.2 Å². The van der Waals surface area contributed by atoms with E-state index in [0.29, 0.717) is 17.9 Å². The van der Waals surface area contributed by atoms with Gasteiger partial charge in [0.15, 0.2) is 5.82 Å². The van der Waals surface area contributed by atoms with Gasteiger partial charge in [-0.3, -0.25) is 4.79 Å². The van der Waals surface area contributed by atoms with Gasteiger partial charge in [0.2, 0.25) is 0 Å². The van der Waals surface area contributed by atoms with Gasteiger partial charge in [-0.25, -0.2) is 14.6 Å². The molecule has 21 heavy (non-hydrogen) atoms. The van der Waals surface area contributed by atoms with Crippen molar-refractivity contribution in [1.29, 1.82) is 0 Å². The molecule has 0 radical (unpaired) electrons. The van der Waals surface area contributed by atoms with Crippen LogP contribution in [0.5, 0.6) is 0 Å². The van der Waals surface area contributed by atoms with Gasteiger partial charge in [-0.1, -0.05) is 6.42 Å². The molecule has 2 atom stereocenters. The van der Waals surface area contributed by atoms with Crippen molar-refractivity contribution in [3.63, 3.8) is 0 Å². The van der Waals surface area contributed by atoms with E-state index in [9.17, 15) is 9.90 Å². The van der Waals surface area contributed by atoms with E-state index in [1.807, 2.05) is 0 Å². The van der Waals surface area contributed by atoms with Crippen LogP contribution in [0.2, 0.25) is 0 Å². The van der Waals surface area contributed by atoms with Crippen LogP contribution < -0.4 is 5.32 Å². The quantitative estimate of drug-likeness (QED) is 0.856. The molecule has 3 rings (SSSR count). The number of aliphatic hydroxyl groups excluding tert-OH is 1. The summed E-state index contributed by atoms with van der Waals surface area (Å²) >= 11 is 0. The topological polar surface area (TPSA) is 92.9 Å². The summed E-state index contributed by atoms with van der Waals surface area (Å²) in [6.45, 7) is 0.505. The molecule has 1 fully saturated rings. The van der Waals surface area contributed by atoms with E-state index in [0.717, 1.165) is 19.3 Å². The predicted molar refractivity (Wildman–Crippen MR) is 74.8 cm³/mol. The van der Waals surface area contributed by atoms with Crippen molar-refractivity contribution in [2.45, 2.75) is 25.4 Å².